The highest BCUT2D eigenvalue weighted by Crippen LogP contribution is 2.21. The molecule has 0 aliphatic heterocycles. The van der Waals surface area contributed by atoms with Crippen LogP contribution < -0.4 is 4.74 Å². The van der Waals surface area contributed by atoms with E-state index in [9.17, 15) is 4.79 Å². The number of aryl methyl sites for hydroxylation is 1. The highest BCUT2D eigenvalue weighted by atomic mass is 79.9. The first-order valence-corrected chi connectivity index (χ1v) is 7.80. The van der Waals surface area contributed by atoms with E-state index in [1.807, 2.05) is 42.6 Å². The Morgan fingerprint density at radius 1 is 1.37 bits per heavy atom. The molecule has 0 amide bonds. The summed E-state index contributed by atoms with van der Waals surface area (Å²) in [7, 11) is 0. The predicted molar refractivity (Wildman–Crippen MR) is 82.3 cm³/mol. The topological polar surface area (TPSA) is 26.3 Å². The monoisotopic (exact) mass is 338 g/mol. The van der Waals surface area contributed by atoms with Crippen LogP contribution in [-0.2, 0) is 0 Å². The fraction of sp³-hybridized carbons (Fsp3) is 0.267. The van der Waals surface area contributed by atoms with Crippen LogP contribution in [0.5, 0.6) is 5.75 Å². The molecule has 0 aliphatic rings. The van der Waals surface area contributed by atoms with Crippen LogP contribution in [0.4, 0.5) is 0 Å². The molecule has 0 saturated heterocycles. The first-order chi connectivity index (χ1) is 9.16. The quantitative estimate of drug-likeness (QED) is 0.555. The molecule has 0 atom stereocenters. The van der Waals surface area contributed by atoms with Crippen LogP contribution in [0.3, 0.4) is 0 Å². The molecule has 2 nitrogen and oxygen atoms in total. The van der Waals surface area contributed by atoms with Crippen molar-refractivity contribution in [2.45, 2.75) is 19.8 Å². The lowest BCUT2D eigenvalue weighted by atomic mass is 10.2. The van der Waals surface area contributed by atoms with Crippen LogP contribution >= 0.6 is 27.3 Å². The SMILES string of the molecule is Cc1cc(OCCCC(=O)c2cccs2)ccc1Br. The molecule has 0 unspecified atom stereocenters. The van der Waals surface area contributed by atoms with Gasteiger partial charge >= 0.3 is 0 Å². The Labute approximate surface area is 125 Å². The first-order valence-electron chi connectivity index (χ1n) is 6.12. The van der Waals surface area contributed by atoms with Gasteiger partial charge in [-0.25, -0.2) is 0 Å². The summed E-state index contributed by atoms with van der Waals surface area (Å²) in [6.45, 7) is 2.59. The van der Waals surface area contributed by atoms with Crippen molar-refractivity contribution in [1.29, 1.82) is 0 Å². The largest absolute Gasteiger partial charge is 0.494 e. The number of hydrogen-bond acceptors (Lipinski definition) is 3. The smallest absolute Gasteiger partial charge is 0.172 e. The van der Waals surface area contributed by atoms with E-state index in [1.54, 1.807) is 0 Å². The van der Waals surface area contributed by atoms with Crippen molar-refractivity contribution in [3.63, 3.8) is 0 Å². The third kappa shape index (κ3) is 4.18. The molecule has 2 aromatic rings. The van der Waals surface area contributed by atoms with Crippen molar-refractivity contribution < 1.29 is 9.53 Å². The summed E-state index contributed by atoms with van der Waals surface area (Å²) in [6, 6.07) is 9.66. The Bertz CT molecular complexity index is 549. The minimum atomic E-state index is 0.200. The van der Waals surface area contributed by atoms with E-state index in [4.69, 9.17) is 4.74 Å². The Hall–Kier alpha value is -1.13. The second-order valence-corrected chi connectivity index (χ2v) is 6.07. The van der Waals surface area contributed by atoms with Crippen molar-refractivity contribution in [2.75, 3.05) is 6.61 Å². The fourth-order valence-corrected chi connectivity index (χ4v) is 2.63. The summed E-state index contributed by atoms with van der Waals surface area (Å²) in [6.07, 6.45) is 1.28. The maximum absolute atomic E-state index is 11.8. The maximum Gasteiger partial charge on any atom is 0.172 e. The van der Waals surface area contributed by atoms with E-state index < -0.39 is 0 Å². The van der Waals surface area contributed by atoms with E-state index in [2.05, 4.69) is 15.9 Å². The average Bonchev–Trinajstić information content (AvgIpc) is 2.92. The zero-order valence-electron chi connectivity index (χ0n) is 10.7. The van der Waals surface area contributed by atoms with Crippen molar-refractivity contribution >= 4 is 33.0 Å². The van der Waals surface area contributed by atoms with Crippen molar-refractivity contribution in [2.24, 2.45) is 0 Å². The molecular formula is C15H15BrO2S. The summed E-state index contributed by atoms with van der Waals surface area (Å²) in [5.41, 5.74) is 1.15. The van der Waals surface area contributed by atoms with Gasteiger partial charge in [-0.1, -0.05) is 22.0 Å². The predicted octanol–water partition coefficient (Wildman–Crippen LogP) is 4.86. The van der Waals surface area contributed by atoms with E-state index in [-0.39, 0.29) is 5.78 Å². The second kappa shape index (κ2) is 6.87. The molecule has 0 radical (unpaired) electrons. The van der Waals surface area contributed by atoms with Gasteiger partial charge in [0.25, 0.3) is 0 Å². The third-order valence-corrected chi connectivity index (χ3v) is 4.54. The number of rotatable bonds is 6. The molecule has 0 fully saturated rings. The van der Waals surface area contributed by atoms with Gasteiger partial charge in [0, 0.05) is 10.9 Å². The molecule has 100 valence electrons. The number of hydrogen-bond donors (Lipinski definition) is 0. The maximum atomic E-state index is 11.8. The molecule has 4 heteroatoms. The highest BCUT2D eigenvalue weighted by molar-refractivity contribution is 9.10. The van der Waals surface area contributed by atoms with Gasteiger partial charge in [0.15, 0.2) is 5.78 Å². The summed E-state index contributed by atoms with van der Waals surface area (Å²) in [4.78, 5) is 12.6. The lowest BCUT2D eigenvalue weighted by molar-refractivity contribution is 0.0977. The van der Waals surface area contributed by atoms with Gasteiger partial charge in [-0.3, -0.25) is 4.79 Å². The summed E-state index contributed by atoms with van der Waals surface area (Å²) >= 11 is 4.95. The molecule has 0 bridgehead atoms. The molecule has 0 N–H and O–H groups in total. The molecule has 0 spiro atoms. The molecule has 0 aliphatic carbocycles. The number of halogens is 1. The molecule has 1 heterocycles. The van der Waals surface area contributed by atoms with Gasteiger partial charge in [0.05, 0.1) is 11.5 Å². The summed E-state index contributed by atoms with van der Waals surface area (Å²) in [5.74, 6) is 1.05. The zero-order chi connectivity index (χ0) is 13.7. The highest BCUT2D eigenvalue weighted by Gasteiger charge is 2.06. The standard InChI is InChI=1S/C15H15BrO2S/c1-11-10-12(6-7-13(11)16)18-8-2-4-14(17)15-5-3-9-19-15/h3,5-7,9-10H,2,4,8H2,1H3. The van der Waals surface area contributed by atoms with Crippen molar-refractivity contribution in [3.05, 3.63) is 50.6 Å². The Balaban J connectivity index is 1.75. The number of ketones is 1. The summed E-state index contributed by atoms with van der Waals surface area (Å²) in [5, 5.41) is 1.92. The van der Waals surface area contributed by atoms with Gasteiger partial charge in [-0.15, -0.1) is 11.3 Å². The number of carbonyl (C=O) groups is 1. The lowest BCUT2D eigenvalue weighted by Gasteiger charge is -2.07. The van der Waals surface area contributed by atoms with Crippen LogP contribution in [0.2, 0.25) is 0 Å². The summed E-state index contributed by atoms with van der Waals surface area (Å²) < 4.78 is 6.72. The van der Waals surface area contributed by atoms with Crippen molar-refractivity contribution in [3.8, 4) is 5.75 Å². The molecule has 1 aromatic carbocycles. The third-order valence-electron chi connectivity index (χ3n) is 2.74. The van der Waals surface area contributed by atoms with Crippen molar-refractivity contribution in [1.82, 2.24) is 0 Å². The number of carbonyl (C=O) groups excluding carboxylic acids is 1. The van der Waals surface area contributed by atoms with Gasteiger partial charge in [-0.2, -0.15) is 0 Å². The van der Waals surface area contributed by atoms with E-state index >= 15 is 0 Å². The minimum Gasteiger partial charge on any atom is -0.494 e. The number of Topliss-reactive ketones (excluding diaryl/α,β-unsaturated/α-hetero) is 1. The fourth-order valence-electron chi connectivity index (χ4n) is 1.69. The molecule has 2 rings (SSSR count). The number of benzene rings is 1. The minimum absolute atomic E-state index is 0.200. The van der Waals surface area contributed by atoms with Gasteiger partial charge < -0.3 is 4.74 Å². The van der Waals surface area contributed by atoms with Crippen LogP contribution in [0, 0.1) is 6.92 Å². The van der Waals surface area contributed by atoms with E-state index in [1.165, 1.54) is 11.3 Å². The van der Waals surface area contributed by atoms with Crippen LogP contribution in [-0.4, -0.2) is 12.4 Å². The Kier molecular flexibility index (Phi) is 5.16. The van der Waals surface area contributed by atoms with E-state index in [0.717, 1.165) is 27.1 Å². The van der Waals surface area contributed by atoms with Crippen LogP contribution in [0.15, 0.2) is 40.2 Å². The lowest BCUT2D eigenvalue weighted by Crippen LogP contribution is -2.02. The normalized spacial score (nSPS) is 10.4. The Morgan fingerprint density at radius 2 is 2.21 bits per heavy atom. The molecular weight excluding hydrogens is 324 g/mol. The van der Waals surface area contributed by atoms with Crippen LogP contribution in [0.1, 0.15) is 28.1 Å². The molecule has 1 aromatic heterocycles. The molecule has 0 saturated carbocycles. The van der Waals surface area contributed by atoms with Gasteiger partial charge in [0.2, 0.25) is 0 Å². The zero-order valence-corrected chi connectivity index (χ0v) is 13.1. The van der Waals surface area contributed by atoms with Crippen LogP contribution in [0.25, 0.3) is 0 Å². The van der Waals surface area contributed by atoms with E-state index in [0.29, 0.717) is 13.0 Å². The average molecular weight is 339 g/mol. The van der Waals surface area contributed by atoms with Gasteiger partial charge in [0.1, 0.15) is 5.75 Å². The molecule has 19 heavy (non-hydrogen) atoms. The Morgan fingerprint density at radius 3 is 2.89 bits per heavy atom. The van der Waals surface area contributed by atoms with Gasteiger partial charge in [-0.05, 0) is 48.6 Å². The second-order valence-electron chi connectivity index (χ2n) is 4.26. The number of ether oxygens (including phenoxy) is 1. The first kappa shape index (κ1) is 14.3. The number of thiophene rings is 1.